The lowest BCUT2D eigenvalue weighted by Crippen LogP contribution is -2.30. The van der Waals surface area contributed by atoms with E-state index in [9.17, 15) is 43.2 Å². The zero-order valence-electron chi connectivity index (χ0n) is 60.4. The van der Waals surface area contributed by atoms with Gasteiger partial charge >= 0.3 is 39.5 Å². The van der Waals surface area contributed by atoms with Gasteiger partial charge in [0.05, 0.1) is 26.4 Å². The highest BCUT2D eigenvalue weighted by Crippen LogP contribution is 2.45. The molecule has 3 N–H and O–H groups in total. The largest absolute Gasteiger partial charge is 0.472 e. The van der Waals surface area contributed by atoms with Crippen LogP contribution in [0.25, 0.3) is 0 Å². The highest BCUT2D eigenvalue weighted by molar-refractivity contribution is 7.47. The Morgan fingerprint density at radius 2 is 0.495 bits per heavy atom. The fourth-order valence-corrected chi connectivity index (χ4v) is 12.9. The molecule has 0 spiro atoms. The Hall–Kier alpha value is -1.94. The van der Waals surface area contributed by atoms with E-state index >= 15 is 0 Å². The van der Waals surface area contributed by atoms with Gasteiger partial charge < -0.3 is 33.8 Å². The minimum atomic E-state index is -4.95. The Morgan fingerprint density at radius 1 is 0.290 bits per heavy atom. The summed E-state index contributed by atoms with van der Waals surface area (Å²) in [5.74, 6) is -1.36. The predicted molar refractivity (Wildman–Crippen MR) is 377 cm³/mol. The zero-order valence-corrected chi connectivity index (χ0v) is 62.2. The van der Waals surface area contributed by atoms with E-state index in [0.717, 1.165) is 95.8 Å². The van der Waals surface area contributed by atoms with Crippen molar-refractivity contribution < 1.29 is 80.2 Å². The molecule has 0 heterocycles. The van der Waals surface area contributed by atoms with Crippen molar-refractivity contribution in [2.75, 3.05) is 39.6 Å². The molecule has 0 amide bonds. The average Bonchev–Trinajstić information content (AvgIpc) is 3.41. The van der Waals surface area contributed by atoms with Crippen molar-refractivity contribution in [1.82, 2.24) is 0 Å². The minimum absolute atomic E-state index is 0.108. The fourth-order valence-electron chi connectivity index (χ4n) is 11.4. The molecular formula is C74H144O17P2. The smallest absolute Gasteiger partial charge is 0.462 e. The number of rotatable bonds is 74. The molecule has 552 valence electrons. The van der Waals surface area contributed by atoms with Crippen molar-refractivity contribution in [3.63, 3.8) is 0 Å². The molecule has 19 heteroatoms. The molecule has 0 radical (unpaired) electrons. The van der Waals surface area contributed by atoms with Crippen LogP contribution in [0.2, 0.25) is 0 Å². The SMILES string of the molecule is CCCCCCCCCCCCCCCCCCCC(=O)O[C@H](COC(=O)CCCCCCCCCCCCC(C)C)COP(=O)(O)OC[C@@H](O)COP(=O)(O)OC[C@@H](COC(=O)CCCCCCCCCCCC)OC(=O)CCCCCCCCCCCCCCC. The molecule has 0 aliphatic rings. The molecule has 0 aromatic carbocycles. The summed E-state index contributed by atoms with van der Waals surface area (Å²) in [7, 11) is -9.90. The summed E-state index contributed by atoms with van der Waals surface area (Å²) in [6.07, 6.45) is 55.3. The Labute approximate surface area is 568 Å². The average molecular weight is 1370 g/mol. The second-order valence-electron chi connectivity index (χ2n) is 27.2. The molecule has 0 aliphatic heterocycles. The molecule has 0 aliphatic carbocycles. The number of aliphatic hydroxyl groups is 1. The second-order valence-corrected chi connectivity index (χ2v) is 30.1. The highest BCUT2D eigenvalue weighted by atomic mass is 31.2. The van der Waals surface area contributed by atoms with Crippen LogP contribution < -0.4 is 0 Å². The minimum Gasteiger partial charge on any atom is -0.462 e. The van der Waals surface area contributed by atoms with Gasteiger partial charge in [0.15, 0.2) is 12.2 Å². The lowest BCUT2D eigenvalue weighted by atomic mass is 10.0. The number of hydrogen-bond acceptors (Lipinski definition) is 15. The van der Waals surface area contributed by atoms with Gasteiger partial charge in [-0.2, -0.15) is 0 Å². The van der Waals surface area contributed by atoms with Crippen LogP contribution in [0.1, 0.15) is 388 Å². The number of phosphoric ester groups is 2. The van der Waals surface area contributed by atoms with Crippen LogP contribution >= 0.6 is 15.6 Å². The molecule has 0 bridgehead atoms. The van der Waals surface area contributed by atoms with Crippen LogP contribution in [0.3, 0.4) is 0 Å². The maximum Gasteiger partial charge on any atom is 0.472 e. The first-order valence-corrected chi connectivity index (χ1v) is 41.6. The molecule has 5 atom stereocenters. The number of carbonyl (C=O) groups excluding carboxylic acids is 4. The number of ether oxygens (including phenoxy) is 4. The summed E-state index contributed by atoms with van der Waals surface area (Å²) >= 11 is 0. The van der Waals surface area contributed by atoms with Gasteiger partial charge in [0.2, 0.25) is 0 Å². The maximum absolute atomic E-state index is 13.1. The fraction of sp³-hybridized carbons (Fsp3) is 0.946. The topological polar surface area (TPSA) is 237 Å². The first-order valence-electron chi connectivity index (χ1n) is 38.6. The molecule has 0 saturated carbocycles. The van der Waals surface area contributed by atoms with Crippen molar-refractivity contribution >= 4 is 39.5 Å². The lowest BCUT2D eigenvalue weighted by Gasteiger charge is -2.21. The Balaban J connectivity index is 5.24. The molecule has 0 rings (SSSR count). The number of unbranched alkanes of at least 4 members (excludes halogenated alkanes) is 46. The van der Waals surface area contributed by atoms with Crippen molar-refractivity contribution in [3.05, 3.63) is 0 Å². The third kappa shape index (κ3) is 68.4. The monoisotopic (exact) mass is 1370 g/mol. The van der Waals surface area contributed by atoms with E-state index < -0.39 is 97.5 Å². The van der Waals surface area contributed by atoms with Crippen LogP contribution in [0.4, 0.5) is 0 Å². The Kier molecular flexibility index (Phi) is 65.9. The van der Waals surface area contributed by atoms with Crippen LogP contribution in [0.15, 0.2) is 0 Å². The standard InChI is InChI=1S/C74H144O17P2/c1-6-9-12-15-18-21-24-26-27-28-29-31-33-40-45-50-55-60-74(79)91-70(64-85-72(77)58-53-48-43-38-35-34-36-41-46-51-56-67(4)5)66-89-93(82,83)87-62-68(75)61-86-92(80,81)88-65-69(63-84-71(76)57-52-47-42-37-23-20-17-14-11-8-3)90-73(78)59-54-49-44-39-32-30-25-22-19-16-13-10-7-2/h67-70,75H,6-66H2,1-5H3,(H,80,81)(H,82,83)/t68-,69+,70+/m0/s1. The Bertz CT molecular complexity index is 1790. The van der Waals surface area contributed by atoms with Crippen LogP contribution in [-0.2, 0) is 65.4 Å². The number of esters is 4. The third-order valence-corrected chi connectivity index (χ3v) is 19.2. The normalized spacial score (nSPS) is 14.0. The molecule has 0 fully saturated rings. The van der Waals surface area contributed by atoms with E-state index in [-0.39, 0.29) is 25.7 Å². The second kappa shape index (κ2) is 67.3. The molecule has 2 unspecified atom stereocenters. The van der Waals surface area contributed by atoms with E-state index in [1.807, 2.05) is 0 Å². The van der Waals surface area contributed by atoms with Crippen LogP contribution in [0, 0.1) is 5.92 Å². The van der Waals surface area contributed by atoms with Gasteiger partial charge in [0.25, 0.3) is 0 Å². The Morgan fingerprint density at radius 3 is 0.731 bits per heavy atom. The molecule has 0 aromatic heterocycles. The van der Waals surface area contributed by atoms with Crippen molar-refractivity contribution in [3.8, 4) is 0 Å². The van der Waals surface area contributed by atoms with Gasteiger partial charge in [-0.15, -0.1) is 0 Å². The summed E-state index contributed by atoms with van der Waals surface area (Å²) in [6, 6.07) is 0. The van der Waals surface area contributed by atoms with Gasteiger partial charge in [-0.25, -0.2) is 9.13 Å². The zero-order chi connectivity index (χ0) is 68.4. The number of hydrogen-bond donors (Lipinski definition) is 3. The van der Waals surface area contributed by atoms with E-state index in [1.165, 1.54) is 212 Å². The number of aliphatic hydroxyl groups excluding tert-OH is 1. The molecule has 0 aromatic rings. The molecular weight excluding hydrogens is 1220 g/mol. The third-order valence-electron chi connectivity index (χ3n) is 17.3. The van der Waals surface area contributed by atoms with Crippen molar-refractivity contribution in [1.29, 1.82) is 0 Å². The summed E-state index contributed by atoms with van der Waals surface area (Å²) in [6.45, 7) is 7.27. The van der Waals surface area contributed by atoms with Gasteiger partial charge in [0, 0.05) is 25.7 Å². The van der Waals surface area contributed by atoms with Crippen molar-refractivity contribution in [2.24, 2.45) is 5.92 Å². The maximum atomic E-state index is 13.1. The van der Waals surface area contributed by atoms with Crippen molar-refractivity contribution in [2.45, 2.75) is 406 Å². The van der Waals surface area contributed by atoms with Crippen LogP contribution in [-0.4, -0.2) is 96.7 Å². The van der Waals surface area contributed by atoms with Gasteiger partial charge in [-0.3, -0.25) is 37.3 Å². The molecule has 17 nitrogen and oxygen atoms in total. The first kappa shape index (κ1) is 91.1. The quantitative estimate of drug-likeness (QED) is 0.0222. The first-order chi connectivity index (χ1) is 45.0. The van der Waals surface area contributed by atoms with E-state index in [1.54, 1.807) is 0 Å². The predicted octanol–water partition coefficient (Wildman–Crippen LogP) is 21.7. The van der Waals surface area contributed by atoms with E-state index in [4.69, 9.17) is 37.0 Å². The number of phosphoric acid groups is 2. The molecule has 93 heavy (non-hydrogen) atoms. The van der Waals surface area contributed by atoms with E-state index in [2.05, 4.69) is 34.6 Å². The summed E-state index contributed by atoms with van der Waals surface area (Å²) in [5.41, 5.74) is 0. The number of carbonyl (C=O) groups is 4. The summed E-state index contributed by atoms with van der Waals surface area (Å²) < 4.78 is 68.5. The summed E-state index contributed by atoms with van der Waals surface area (Å²) in [4.78, 5) is 72.7. The van der Waals surface area contributed by atoms with E-state index in [0.29, 0.717) is 25.7 Å². The van der Waals surface area contributed by atoms with Gasteiger partial charge in [-0.1, -0.05) is 336 Å². The van der Waals surface area contributed by atoms with Gasteiger partial charge in [-0.05, 0) is 31.6 Å². The van der Waals surface area contributed by atoms with Crippen LogP contribution in [0.5, 0.6) is 0 Å². The lowest BCUT2D eigenvalue weighted by molar-refractivity contribution is -0.161. The molecule has 0 saturated heterocycles. The highest BCUT2D eigenvalue weighted by Gasteiger charge is 2.30. The van der Waals surface area contributed by atoms with Gasteiger partial charge in [0.1, 0.15) is 19.3 Å². The summed E-state index contributed by atoms with van der Waals surface area (Å²) in [5, 5.41) is 10.6.